The first-order valence-corrected chi connectivity index (χ1v) is 5.81. The molecule has 0 aliphatic heterocycles. The standard InChI is InChI=1S/C15H13F3O/c1-11-5-2-3-6-12(11)10-19-14-8-4-7-13(9-14)15(16,17)18/h2-9H,10H2,1H3. The molecule has 0 bridgehead atoms. The average molecular weight is 266 g/mol. The van der Waals surface area contributed by atoms with Crippen molar-refractivity contribution in [3.63, 3.8) is 0 Å². The molecule has 100 valence electrons. The summed E-state index contributed by atoms with van der Waals surface area (Å²) in [5.41, 5.74) is 1.31. The Labute approximate surface area is 109 Å². The van der Waals surface area contributed by atoms with Crippen LogP contribution in [0, 0.1) is 6.92 Å². The first-order chi connectivity index (χ1) is 8.97. The summed E-state index contributed by atoms with van der Waals surface area (Å²) in [5, 5.41) is 0. The third kappa shape index (κ3) is 3.50. The van der Waals surface area contributed by atoms with E-state index in [-0.39, 0.29) is 12.4 Å². The van der Waals surface area contributed by atoms with E-state index < -0.39 is 11.7 Å². The minimum absolute atomic E-state index is 0.220. The van der Waals surface area contributed by atoms with E-state index in [9.17, 15) is 13.2 Å². The van der Waals surface area contributed by atoms with Crippen LogP contribution in [0.15, 0.2) is 48.5 Å². The highest BCUT2D eigenvalue weighted by molar-refractivity contribution is 5.31. The molecule has 0 spiro atoms. The molecule has 0 radical (unpaired) electrons. The highest BCUT2D eigenvalue weighted by Crippen LogP contribution is 2.31. The molecule has 0 saturated carbocycles. The predicted octanol–water partition coefficient (Wildman–Crippen LogP) is 4.59. The SMILES string of the molecule is Cc1ccccc1COc1cccc(C(F)(F)F)c1. The van der Waals surface area contributed by atoms with Gasteiger partial charge in [-0.2, -0.15) is 13.2 Å². The second kappa shape index (κ2) is 5.34. The van der Waals surface area contributed by atoms with E-state index in [1.807, 2.05) is 31.2 Å². The molecule has 0 aliphatic carbocycles. The van der Waals surface area contributed by atoms with Gasteiger partial charge in [0, 0.05) is 0 Å². The van der Waals surface area contributed by atoms with Gasteiger partial charge in [0.25, 0.3) is 0 Å². The quantitative estimate of drug-likeness (QED) is 0.789. The van der Waals surface area contributed by atoms with Crippen LogP contribution in [0.5, 0.6) is 5.75 Å². The summed E-state index contributed by atoms with van der Waals surface area (Å²) in [4.78, 5) is 0. The molecule has 0 N–H and O–H groups in total. The molecule has 0 aliphatic rings. The van der Waals surface area contributed by atoms with Crippen molar-refractivity contribution in [2.45, 2.75) is 19.7 Å². The van der Waals surface area contributed by atoms with Crippen LogP contribution in [0.25, 0.3) is 0 Å². The molecule has 0 saturated heterocycles. The molecular formula is C15H13F3O. The van der Waals surface area contributed by atoms with Crippen molar-refractivity contribution >= 4 is 0 Å². The first-order valence-electron chi connectivity index (χ1n) is 5.81. The van der Waals surface area contributed by atoms with E-state index >= 15 is 0 Å². The van der Waals surface area contributed by atoms with E-state index in [2.05, 4.69) is 0 Å². The lowest BCUT2D eigenvalue weighted by Crippen LogP contribution is -2.05. The number of rotatable bonds is 3. The molecule has 1 nitrogen and oxygen atoms in total. The third-order valence-corrected chi connectivity index (χ3v) is 2.82. The van der Waals surface area contributed by atoms with Gasteiger partial charge < -0.3 is 4.74 Å². The summed E-state index contributed by atoms with van der Waals surface area (Å²) in [7, 11) is 0. The van der Waals surface area contributed by atoms with Crippen LogP contribution in [-0.4, -0.2) is 0 Å². The number of benzene rings is 2. The van der Waals surface area contributed by atoms with Gasteiger partial charge in [-0.3, -0.25) is 0 Å². The molecule has 4 heteroatoms. The summed E-state index contributed by atoms with van der Waals surface area (Å²) in [5.74, 6) is 0.220. The van der Waals surface area contributed by atoms with Crippen molar-refractivity contribution in [1.29, 1.82) is 0 Å². The Hall–Kier alpha value is -1.97. The molecule has 0 aromatic heterocycles. The summed E-state index contributed by atoms with van der Waals surface area (Å²) >= 11 is 0. The van der Waals surface area contributed by atoms with Crippen LogP contribution >= 0.6 is 0 Å². The maximum absolute atomic E-state index is 12.5. The normalized spacial score (nSPS) is 11.4. The van der Waals surface area contributed by atoms with E-state index in [0.29, 0.717) is 0 Å². The summed E-state index contributed by atoms with van der Waals surface area (Å²) in [6, 6.07) is 12.5. The zero-order valence-electron chi connectivity index (χ0n) is 10.4. The van der Waals surface area contributed by atoms with E-state index in [1.54, 1.807) is 0 Å². The van der Waals surface area contributed by atoms with E-state index in [1.165, 1.54) is 12.1 Å². The van der Waals surface area contributed by atoms with Crippen LogP contribution in [-0.2, 0) is 12.8 Å². The van der Waals surface area contributed by atoms with E-state index in [4.69, 9.17) is 4.74 Å². The maximum Gasteiger partial charge on any atom is 0.416 e. The van der Waals surface area contributed by atoms with Gasteiger partial charge in [-0.25, -0.2) is 0 Å². The van der Waals surface area contributed by atoms with Crippen LogP contribution in [0.1, 0.15) is 16.7 Å². The molecular weight excluding hydrogens is 253 g/mol. The summed E-state index contributed by atoms with van der Waals surface area (Å²) in [6.07, 6.45) is -4.35. The zero-order valence-corrected chi connectivity index (χ0v) is 10.4. The first kappa shape index (κ1) is 13.5. The number of ether oxygens (including phenoxy) is 1. The second-order valence-electron chi connectivity index (χ2n) is 4.24. The number of hydrogen-bond donors (Lipinski definition) is 0. The van der Waals surface area contributed by atoms with Gasteiger partial charge in [0.2, 0.25) is 0 Å². The lowest BCUT2D eigenvalue weighted by Gasteiger charge is -2.11. The molecule has 19 heavy (non-hydrogen) atoms. The summed E-state index contributed by atoms with van der Waals surface area (Å²) < 4.78 is 43.0. The minimum atomic E-state index is -4.35. The zero-order chi connectivity index (χ0) is 13.9. The van der Waals surface area contributed by atoms with Gasteiger partial charge in [0.1, 0.15) is 12.4 Å². The van der Waals surface area contributed by atoms with Crippen molar-refractivity contribution in [1.82, 2.24) is 0 Å². The van der Waals surface area contributed by atoms with E-state index in [0.717, 1.165) is 23.3 Å². The second-order valence-corrected chi connectivity index (χ2v) is 4.24. The van der Waals surface area contributed by atoms with Crippen molar-refractivity contribution in [2.75, 3.05) is 0 Å². The van der Waals surface area contributed by atoms with Crippen molar-refractivity contribution in [3.05, 3.63) is 65.2 Å². The van der Waals surface area contributed by atoms with Crippen LogP contribution in [0.3, 0.4) is 0 Å². The fourth-order valence-electron chi connectivity index (χ4n) is 1.70. The van der Waals surface area contributed by atoms with Gasteiger partial charge in [0.15, 0.2) is 0 Å². The van der Waals surface area contributed by atoms with Crippen molar-refractivity contribution < 1.29 is 17.9 Å². The Morgan fingerprint density at radius 1 is 1.00 bits per heavy atom. The number of hydrogen-bond acceptors (Lipinski definition) is 1. The van der Waals surface area contributed by atoms with Gasteiger partial charge >= 0.3 is 6.18 Å². The van der Waals surface area contributed by atoms with Gasteiger partial charge in [-0.15, -0.1) is 0 Å². The molecule has 0 unspecified atom stereocenters. The Morgan fingerprint density at radius 2 is 1.74 bits per heavy atom. The third-order valence-electron chi connectivity index (χ3n) is 2.82. The number of aryl methyl sites for hydroxylation is 1. The van der Waals surface area contributed by atoms with Crippen molar-refractivity contribution in [2.24, 2.45) is 0 Å². The average Bonchev–Trinajstić information content (AvgIpc) is 2.37. The van der Waals surface area contributed by atoms with Crippen LogP contribution in [0.4, 0.5) is 13.2 Å². The monoisotopic (exact) mass is 266 g/mol. The van der Waals surface area contributed by atoms with Gasteiger partial charge in [-0.1, -0.05) is 30.3 Å². The molecule has 0 amide bonds. The lowest BCUT2D eigenvalue weighted by molar-refractivity contribution is -0.137. The Morgan fingerprint density at radius 3 is 2.42 bits per heavy atom. The van der Waals surface area contributed by atoms with Crippen LogP contribution < -0.4 is 4.74 Å². The summed E-state index contributed by atoms with van der Waals surface area (Å²) in [6.45, 7) is 2.19. The molecule has 2 aromatic rings. The fraction of sp³-hybridized carbons (Fsp3) is 0.200. The molecule has 0 atom stereocenters. The Balaban J connectivity index is 2.10. The lowest BCUT2D eigenvalue weighted by atomic mass is 10.1. The Bertz CT molecular complexity index is 561. The molecule has 2 aromatic carbocycles. The number of alkyl halides is 3. The molecule has 0 heterocycles. The highest BCUT2D eigenvalue weighted by atomic mass is 19.4. The number of halogens is 3. The minimum Gasteiger partial charge on any atom is -0.489 e. The highest BCUT2D eigenvalue weighted by Gasteiger charge is 2.30. The maximum atomic E-state index is 12.5. The van der Waals surface area contributed by atoms with Crippen molar-refractivity contribution in [3.8, 4) is 5.75 Å². The predicted molar refractivity (Wildman–Crippen MR) is 67.0 cm³/mol. The molecule has 0 fully saturated rings. The van der Waals surface area contributed by atoms with Gasteiger partial charge in [-0.05, 0) is 36.2 Å². The fourth-order valence-corrected chi connectivity index (χ4v) is 1.70. The largest absolute Gasteiger partial charge is 0.489 e. The molecule has 2 rings (SSSR count). The smallest absolute Gasteiger partial charge is 0.416 e. The Kier molecular flexibility index (Phi) is 3.79. The van der Waals surface area contributed by atoms with Crippen LogP contribution in [0.2, 0.25) is 0 Å². The van der Waals surface area contributed by atoms with Gasteiger partial charge in [0.05, 0.1) is 5.56 Å². The topological polar surface area (TPSA) is 9.23 Å².